The largest absolute Gasteiger partial charge is 0.364 e. The van der Waals surface area contributed by atoms with Crippen molar-refractivity contribution in [3.05, 3.63) is 82.8 Å². The number of alkyl halides is 1. The highest BCUT2D eigenvalue weighted by molar-refractivity contribution is 6.33. The molecule has 1 aromatic heterocycles. The smallest absolute Gasteiger partial charge is 0.269 e. The average molecular weight is 606 g/mol. The van der Waals surface area contributed by atoms with Gasteiger partial charge in [-0.05, 0) is 30.3 Å². The van der Waals surface area contributed by atoms with E-state index in [1.165, 1.54) is 47.3 Å². The molecule has 0 spiro atoms. The van der Waals surface area contributed by atoms with Crippen molar-refractivity contribution in [1.29, 1.82) is 5.26 Å². The SMILES string of the molecule is N#CNC(=O)c1ccc(Cl)c(-c2cccc(NC(=O)[C@@H]3C[C@@H](F)CN3C(=O)Cn3nc(C(N)=O)c4ccccc43)c2F)c1. The lowest BCUT2D eigenvalue weighted by atomic mass is 10.0. The molecule has 0 radical (unpaired) electrons. The number of likely N-dealkylation sites (tertiary alicyclic amines) is 1. The lowest BCUT2D eigenvalue weighted by molar-refractivity contribution is -0.137. The molecule has 0 saturated carbocycles. The molecule has 5 rings (SSSR count). The summed E-state index contributed by atoms with van der Waals surface area (Å²) in [5, 5.41) is 17.8. The predicted molar refractivity (Wildman–Crippen MR) is 152 cm³/mol. The molecule has 3 aromatic carbocycles. The highest BCUT2D eigenvalue weighted by atomic mass is 35.5. The van der Waals surface area contributed by atoms with Gasteiger partial charge in [-0.1, -0.05) is 41.9 Å². The first-order chi connectivity index (χ1) is 20.6. The zero-order chi connectivity index (χ0) is 30.8. The van der Waals surface area contributed by atoms with Crippen molar-refractivity contribution in [3.63, 3.8) is 0 Å². The maximum Gasteiger partial charge on any atom is 0.269 e. The van der Waals surface area contributed by atoms with E-state index < -0.39 is 48.2 Å². The second-order valence-electron chi connectivity index (χ2n) is 9.70. The Bertz CT molecular complexity index is 1840. The van der Waals surface area contributed by atoms with Gasteiger partial charge in [0.05, 0.1) is 17.7 Å². The molecular formula is C29H22ClF2N7O4. The number of halogens is 3. The number of nitrogens with two attached hydrogens (primary N) is 1. The predicted octanol–water partition coefficient (Wildman–Crippen LogP) is 3.38. The summed E-state index contributed by atoms with van der Waals surface area (Å²) in [5.41, 5.74) is 5.71. The Morgan fingerprint density at radius 1 is 1.09 bits per heavy atom. The fraction of sp³-hybridized carbons (Fsp3) is 0.172. The van der Waals surface area contributed by atoms with Crippen molar-refractivity contribution < 1.29 is 28.0 Å². The lowest BCUT2D eigenvalue weighted by Crippen LogP contribution is -2.44. The molecule has 0 aliphatic carbocycles. The number of nitrogens with one attached hydrogen (secondary N) is 2. The first kappa shape index (κ1) is 29.2. The summed E-state index contributed by atoms with van der Waals surface area (Å²) >= 11 is 6.27. The molecule has 1 saturated heterocycles. The van der Waals surface area contributed by atoms with E-state index in [1.807, 2.05) is 5.32 Å². The number of anilines is 1. The van der Waals surface area contributed by atoms with Crippen molar-refractivity contribution in [3.8, 4) is 17.3 Å². The number of amides is 4. The van der Waals surface area contributed by atoms with Crippen LogP contribution < -0.4 is 16.4 Å². The van der Waals surface area contributed by atoms with Crippen molar-refractivity contribution in [2.24, 2.45) is 5.73 Å². The maximum absolute atomic E-state index is 15.7. The Labute approximate surface area is 247 Å². The Balaban J connectivity index is 1.38. The third-order valence-electron chi connectivity index (χ3n) is 6.99. The standard InChI is InChI=1S/C29H22ClF2N7O4/c30-20-9-8-15(28(42)35-14-33)10-19(20)17-5-3-6-21(25(17)32)36-29(43)23-11-16(31)12-38(23)24(40)13-39-22-7-2-1-4-18(22)26(37-39)27(34)41/h1-10,16,23H,11-13H2,(H2,34,41)(H,35,42)(H,36,43)/t16-,23+/m1/s1. The van der Waals surface area contributed by atoms with Crippen LogP contribution in [-0.2, 0) is 16.1 Å². The molecule has 43 heavy (non-hydrogen) atoms. The fourth-order valence-corrected chi connectivity index (χ4v) is 5.23. The first-order valence-corrected chi connectivity index (χ1v) is 13.2. The summed E-state index contributed by atoms with van der Waals surface area (Å²) in [6, 6.07) is 13.5. The molecule has 0 unspecified atom stereocenters. The topological polar surface area (TPSA) is 163 Å². The van der Waals surface area contributed by atoms with Crippen molar-refractivity contribution in [2.75, 3.05) is 11.9 Å². The molecule has 4 N–H and O–H groups in total. The van der Waals surface area contributed by atoms with E-state index in [4.69, 9.17) is 22.6 Å². The van der Waals surface area contributed by atoms with E-state index >= 15 is 4.39 Å². The van der Waals surface area contributed by atoms with Crippen molar-refractivity contribution >= 4 is 51.8 Å². The molecular weight excluding hydrogens is 584 g/mol. The second kappa shape index (κ2) is 11.9. The first-order valence-electron chi connectivity index (χ1n) is 12.9. The third kappa shape index (κ3) is 5.73. The van der Waals surface area contributed by atoms with E-state index in [2.05, 4.69) is 10.4 Å². The highest BCUT2D eigenvalue weighted by Crippen LogP contribution is 2.34. The maximum atomic E-state index is 15.7. The molecule has 1 fully saturated rings. The molecule has 14 heteroatoms. The summed E-state index contributed by atoms with van der Waals surface area (Å²) in [6.45, 7) is -0.767. The Morgan fingerprint density at radius 2 is 1.86 bits per heavy atom. The van der Waals surface area contributed by atoms with Gasteiger partial charge in [0.15, 0.2) is 17.7 Å². The minimum absolute atomic E-state index is 0.0332. The minimum Gasteiger partial charge on any atom is -0.364 e. The highest BCUT2D eigenvalue weighted by Gasteiger charge is 2.40. The van der Waals surface area contributed by atoms with Gasteiger partial charge in [-0.3, -0.25) is 29.2 Å². The van der Waals surface area contributed by atoms with Crippen LogP contribution >= 0.6 is 11.6 Å². The number of rotatable bonds is 7. The number of aromatic nitrogens is 2. The van der Waals surface area contributed by atoms with E-state index in [1.54, 1.807) is 24.3 Å². The van der Waals surface area contributed by atoms with Gasteiger partial charge in [0.1, 0.15) is 18.8 Å². The monoisotopic (exact) mass is 605 g/mol. The van der Waals surface area contributed by atoms with Gasteiger partial charge >= 0.3 is 0 Å². The summed E-state index contributed by atoms with van der Waals surface area (Å²) in [7, 11) is 0. The van der Waals surface area contributed by atoms with Gasteiger partial charge in [-0.15, -0.1) is 0 Å². The molecule has 0 bridgehead atoms. The second-order valence-corrected chi connectivity index (χ2v) is 10.1. The summed E-state index contributed by atoms with van der Waals surface area (Å²) in [6.07, 6.45) is -0.302. The summed E-state index contributed by atoms with van der Waals surface area (Å²) in [5.74, 6) is -3.84. The molecule has 1 aliphatic heterocycles. The molecule has 11 nitrogen and oxygen atoms in total. The van der Waals surface area contributed by atoms with Gasteiger partial charge in [0.2, 0.25) is 11.8 Å². The number of benzene rings is 3. The van der Waals surface area contributed by atoms with E-state index in [0.717, 1.165) is 4.90 Å². The molecule has 218 valence electrons. The Morgan fingerprint density at radius 3 is 2.60 bits per heavy atom. The van der Waals surface area contributed by atoms with Crippen LogP contribution in [-0.4, -0.2) is 57.1 Å². The van der Waals surface area contributed by atoms with Crippen LogP contribution in [0.3, 0.4) is 0 Å². The number of carbonyl (C=O) groups excluding carboxylic acids is 4. The number of nitrogens with zero attached hydrogens (tertiary/aromatic N) is 4. The molecule has 2 atom stereocenters. The van der Waals surface area contributed by atoms with Crippen molar-refractivity contribution in [1.82, 2.24) is 20.0 Å². The number of hydrogen-bond acceptors (Lipinski definition) is 6. The van der Waals surface area contributed by atoms with Crippen LogP contribution in [0.4, 0.5) is 14.5 Å². The van der Waals surface area contributed by atoms with Crippen LogP contribution in [0.2, 0.25) is 5.02 Å². The number of para-hydroxylation sites is 1. The van der Waals surface area contributed by atoms with Gasteiger partial charge in [-0.25, -0.2) is 8.78 Å². The Kier molecular flexibility index (Phi) is 8.05. The zero-order valence-corrected chi connectivity index (χ0v) is 22.9. The Hall–Kier alpha value is -5.35. The summed E-state index contributed by atoms with van der Waals surface area (Å²) in [4.78, 5) is 51.6. The normalized spacial score (nSPS) is 16.1. The summed E-state index contributed by atoms with van der Waals surface area (Å²) < 4.78 is 31.5. The van der Waals surface area contributed by atoms with Gasteiger partial charge in [-0.2, -0.15) is 10.4 Å². The number of nitriles is 1. The van der Waals surface area contributed by atoms with Crippen LogP contribution in [0, 0.1) is 17.3 Å². The molecule has 1 aliphatic rings. The minimum atomic E-state index is -1.51. The third-order valence-corrected chi connectivity index (χ3v) is 7.32. The van der Waals surface area contributed by atoms with Gasteiger partial charge in [0.25, 0.3) is 11.8 Å². The quantitative estimate of drug-likeness (QED) is 0.216. The van der Waals surface area contributed by atoms with Gasteiger partial charge < -0.3 is 16.0 Å². The number of carbonyl (C=O) groups is 4. The van der Waals surface area contributed by atoms with Crippen LogP contribution in [0.1, 0.15) is 27.3 Å². The van der Waals surface area contributed by atoms with Crippen LogP contribution in [0.25, 0.3) is 22.0 Å². The van der Waals surface area contributed by atoms with Crippen molar-refractivity contribution in [2.45, 2.75) is 25.2 Å². The van der Waals surface area contributed by atoms with E-state index in [0.29, 0.717) is 10.9 Å². The number of hydrogen-bond donors (Lipinski definition) is 3. The number of fused-ring (bicyclic) bond motifs is 1. The van der Waals surface area contributed by atoms with E-state index in [9.17, 15) is 23.6 Å². The molecule has 4 amide bonds. The van der Waals surface area contributed by atoms with Crippen LogP contribution in [0.5, 0.6) is 0 Å². The van der Waals surface area contributed by atoms with Gasteiger partial charge in [0, 0.05) is 33.5 Å². The lowest BCUT2D eigenvalue weighted by Gasteiger charge is -2.24. The molecule has 4 aromatic rings. The van der Waals surface area contributed by atoms with Crippen LogP contribution in [0.15, 0.2) is 60.7 Å². The molecule has 2 heterocycles. The fourth-order valence-electron chi connectivity index (χ4n) is 5.01. The van der Waals surface area contributed by atoms with E-state index in [-0.39, 0.29) is 46.1 Å². The average Bonchev–Trinajstić information content (AvgIpc) is 3.56. The number of primary amides is 1. The zero-order valence-electron chi connectivity index (χ0n) is 22.2.